The molecular formula is C32H32N2O. The number of allylic oxidation sites excluding steroid dienone is 2. The minimum atomic E-state index is 0.0921. The predicted molar refractivity (Wildman–Crippen MR) is 144 cm³/mol. The van der Waals surface area contributed by atoms with Crippen molar-refractivity contribution in [3.63, 3.8) is 0 Å². The highest BCUT2D eigenvalue weighted by Gasteiger charge is 2.21. The van der Waals surface area contributed by atoms with Gasteiger partial charge in [-0.1, -0.05) is 80.4 Å². The zero-order valence-electron chi connectivity index (χ0n) is 20.7. The van der Waals surface area contributed by atoms with Crippen LogP contribution in [0.1, 0.15) is 70.3 Å². The molecule has 3 heteroatoms. The second-order valence-corrected chi connectivity index (χ2v) is 10.1. The number of benzene rings is 2. The van der Waals surface area contributed by atoms with Crippen LogP contribution >= 0.6 is 0 Å². The number of Topliss-reactive ketones (excluding diaryl/α,β-unsaturated/α-hetero) is 1. The lowest BCUT2D eigenvalue weighted by Crippen LogP contribution is -2.13. The van der Waals surface area contributed by atoms with Crippen molar-refractivity contribution in [3.05, 3.63) is 93.8 Å². The van der Waals surface area contributed by atoms with Crippen LogP contribution in [0.4, 0.5) is 0 Å². The van der Waals surface area contributed by atoms with Crippen LogP contribution in [0.5, 0.6) is 0 Å². The van der Waals surface area contributed by atoms with Gasteiger partial charge in [0.1, 0.15) is 0 Å². The van der Waals surface area contributed by atoms with Crippen molar-refractivity contribution in [1.29, 1.82) is 0 Å². The summed E-state index contributed by atoms with van der Waals surface area (Å²) < 4.78 is 0. The van der Waals surface area contributed by atoms with Crippen molar-refractivity contribution in [2.24, 2.45) is 21.8 Å². The number of hydrogen-bond donors (Lipinski definition) is 0. The van der Waals surface area contributed by atoms with E-state index in [2.05, 4.69) is 46.9 Å². The third-order valence-corrected chi connectivity index (χ3v) is 7.48. The van der Waals surface area contributed by atoms with Crippen LogP contribution in [-0.2, 0) is 12.8 Å². The zero-order valence-corrected chi connectivity index (χ0v) is 20.7. The summed E-state index contributed by atoms with van der Waals surface area (Å²) in [5, 5.41) is 0. The summed E-state index contributed by atoms with van der Waals surface area (Å²) in [5.74, 6) is 7.60. The third-order valence-electron chi connectivity index (χ3n) is 7.48. The van der Waals surface area contributed by atoms with E-state index in [0.29, 0.717) is 12.0 Å². The number of carbonyl (C=O) groups is 1. The van der Waals surface area contributed by atoms with E-state index in [0.717, 1.165) is 33.9 Å². The van der Waals surface area contributed by atoms with Crippen molar-refractivity contribution in [3.8, 4) is 11.8 Å². The van der Waals surface area contributed by atoms with Gasteiger partial charge in [-0.3, -0.25) is 14.8 Å². The molecular weight excluding hydrogens is 428 g/mol. The molecule has 2 heterocycles. The Morgan fingerprint density at radius 2 is 1.86 bits per heavy atom. The number of nitrogens with zero attached hydrogens (tertiary/aromatic N) is 2. The summed E-state index contributed by atoms with van der Waals surface area (Å²) in [5.41, 5.74) is 8.39. The van der Waals surface area contributed by atoms with E-state index >= 15 is 0 Å². The van der Waals surface area contributed by atoms with Gasteiger partial charge in [-0.15, -0.1) is 0 Å². The highest BCUT2D eigenvalue weighted by Crippen LogP contribution is 2.28. The van der Waals surface area contributed by atoms with Crippen molar-refractivity contribution in [2.75, 3.05) is 0 Å². The van der Waals surface area contributed by atoms with Gasteiger partial charge >= 0.3 is 0 Å². The first-order valence-corrected chi connectivity index (χ1v) is 12.8. The molecule has 5 rings (SSSR count). The van der Waals surface area contributed by atoms with Crippen LogP contribution in [0.15, 0.2) is 70.4 Å². The van der Waals surface area contributed by atoms with Gasteiger partial charge in [0.25, 0.3) is 0 Å². The first-order chi connectivity index (χ1) is 17.1. The molecule has 0 spiro atoms. The van der Waals surface area contributed by atoms with Gasteiger partial charge in [-0.05, 0) is 54.5 Å². The van der Waals surface area contributed by atoms with E-state index in [1.54, 1.807) is 12.4 Å². The number of ketones is 1. The molecule has 3 aliphatic rings. The second kappa shape index (κ2) is 10.4. The van der Waals surface area contributed by atoms with Gasteiger partial charge in [-0.2, -0.15) is 0 Å². The van der Waals surface area contributed by atoms with Gasteiger partial charge in [0.05, 0.1) is 11.6 Å². The Bertz CT molecular complexity index is 1320. The van der Waals surface area contributed by atoms with Crippen LogP contribution < -0.4 is 0 Å². The highest BCUT2D eigenvalue weighted by atomic mass is 16.1. The smallest absolute Gasteiger partial charge is 0.167 e. The SMILES string of the molecule is Cc1ccc(C(=O)Cc2ccc(CC3CCCCC3)c(C)c2)cc1C#CC1=CN=C2C=NC=CC12. The Labute approximate surface area is 208 Å². The molecule has 2 aliphatic heterocycles. The van der Waals surface area contributed by atoms with Crippen LogP contribution in [0.2, 0.25) is 0 Å². The van der Waals surface area contributed by atoms with Crippen LogP contribution in [0, 0.1) is 37.5 Å². The van der Waals surface area contributed by atoms with E-state index < -0.39 is 0 Å². The van der Waals surface area contributed by atoms with E-state index in [4.69, 9.17) is 0 Å². The Hall–Kier alpha value is -3.51. The first kappa shape index (κ1) is 23.2. The van der Waals surface area contributed by atoms with Crippen LogP contribution in [-0.4, -0.2) is 17.7 Å². The van der Waals surface area contributed by atoms with Crippen molar-refractivity contribution in [2.45, 2.75) is 58.8 Å². The summed E-state index contributed by atoms with van der Waals surface area (Å²) in [6.07, 6.45) is 15.8. The molecule has 176 valence electrons. The molecule has 0 saturated heterocycles. The maximum Gasteiger partial charge on any atom is 0.167 e. The number of hydrogen-bond acceptors (Lipinski definition) is 3. The Morgan fingerprint density at radius 1 is 1.00 bits per heavy atom. The van der Waals surface area contributed by atoms with Crippen molar-refractivity contribution >= 4 is 17.7 Å². The molecule has 1 atom stereocenters. The van der Waals surface area contributed by atoms with Gasteiger partial charge in [-0.25, -0.2) is 0 Å². The lowest BCUT2D eigenvalue weighted by atomic mass is 9.83. The van der Waals surface area contributed by atoms with Crippen molar-refractivity contribution in [1.82, 2.24) is 0 Å². The molecule has 35 heavy (non-hydrogen) atoms. The molecule has 1 unspecified atom stereocenters. The molecule has 0 N–H and O–H groups in total. The minimum absolute atomic E-state index is 0.0921. The summed E-state index contributed by atoms with van der Waals surface area (Å²) in [6, 6.07) is 12.4. The summed E-state index contributed by atoms with van der Waals surface area (Å²) in [6.45, 7) is 4.22. The van der Waals surface area contributed by atoms with Crippen molar-refractivity contribution < 1.29 is 4.79 Å². The number of aryl methyl sites for hydroxylation is 2. The van der Waals surface area contributed by atoms with E-state index in [1.807, 2.05) is 37.4 Å². The summed E-state index contributed by atoms with van der Waals surface area (Å²) in [4.78, 5) is 21.7. The Kier molecular flexibility index (Phi) is 6.91. The number of aliphatic imine (C=N–C) groups is 2. The van der Waals surface area contributed by atoms with E-state index in [9.17, 15) is 4.79 Å². The fourth-order valence-electron chi connectivity index (χ4n) is 5.30. The van der Waals surface area contributed by atoms with Crippen LogP contribution in [0.3, 0.4) is 0 Å². The maximum absolute atomic E-state index is 13.1. The van der Waals surface area contributed by atoms with Gasteiger partial charge < -0.3 is 0 Å². The minimum Gasteiger partial charge on any atom is -0.294 e. The number of fused-ring (bicyclic) bond motifs is 1. The maximum atomic E-state index is 13.1. The Morgan fingerprint density at radius 3 is 2.69 bits per heavy atom. The van der Waals surface area contributed by atoms with Crippen LogP contribution in [0.25, 0.3) is 0 Å². The molecule has 3 nitrogen and oxygen atoms in total. The molecule has 1 aliphatic carbocycles. The fourth-order valence-corrected chi connectivity index (χ4v) is 5.30. The molecule has 1 fully saturated rings. The summed E-state index contributed by atoms with van der Waals surface area (Å²) >= 11 is 0. The molecule has 0 aromatic heterocycles. The second-order valence-electron chi connectivity index (χ2n) is 10.1. The quantitative estimate of drug-likeness (QED) is 0.359. The molecule has 1 saturated carbocycles. The molecule has 0 radical (unpaired) electrons. The Balaban J connectivity index is 1.27. The average Bonchev–Trinajstić information content (AvgIpc) is 3.29. The highest BCUT2D eigenvalue weighted by molar-refractivity contribution is 6.34. The topological polar surface area (TPSA) is 41.8 Å². The van der Waals surface area contributed by atoms with Gasteiger partial charge in [0.2, 0.25) is 0 Å². The lowest BCUT2D eigenvalue weighted by molar-refractivity contribution is 0.0993. The average molecular weight is 461 g/mol. The molecule has 0 bridgehead atoms. The fraction of sp³-hybridized carbons (Fsp3) is 0.344. The first-order valence-electron chi connectivity index (χ1n) is 12.8. The monoisotopic (exact) mass is 460 g/mol. The lowest BCUT2D eigenvalue weighted by Gasteiger charge is -2.22. The largest absolute Gasteiger partial charge is 0.294 e. The standard InChI is InChI=1S/C32H32N2O/c1-22-8-10-28(19-27(22)12-13-29-20-34-31-21-33-15-14-30(29)31)32(35)18-25-9-11-26(23(2)16-25)17-24-6-4-3-5-7-24/h8-11,14-16,19-21,24,30H,3-7,17-18H2,1-2H3. The molecule has 2 aromatic carbocycles. The van der Waals surface area contributed by atoms with E-state index in [1.165, 1.54) is 49.7 Å². The normalized spacial score (nSPS) is 19.0. The zero-order chi connectivity index (χ0) is 24.2. The van der Waals surface area contributed by atoms with Gasteiger partial charge in [0.15, 0.2) is 5.78 Å². The predicted octanol–water partition coefficient (Wildman–Crippen LogP) is 6.76. The molecule has 2 aromatic rings. The number of rotatable bonds is 5. The number of carbonyl (C=O) groups excluding carboxylic acids is 1. The van der Waals surface area contributed by atoms with E-state index in [-0.39, 0.29) is 11.7 Å². The third kappa shape index (κ3) is 5.43. The summed E-state index contributed by atoms with van der Waals surface area (Å²) in [7, 11) is 0. The molecule has 0 amide bonds. The van der Waals surface area contributed by atoms with Gasteiger partial charge in [0, 0.05) is 41.7 Å².